The van der Waals surface area contributed by atoms with Crippen molar-refractivity contribution in [2.45, 2.75) is 25.8 Å². The van der Waals surface area contributed by atoms with Gasteiger partial charge in [0.1, 0.15) is 0 Å². The summed E-state index contributed by atoms with van der Waals surface area (Å²) in [6.45, 7) is 1.80. The van der Waals surface area contributed by atoms with Gasteiger partial charge in [0.25, 0.3) is 0 Å². The van der Waals surface area contributed by atoms with Crippen LogP contribution in [0.5, 0.6) is 0 Å². The molecule has 2 rings (SSSR count). The number of benzene rings is 1. The van der Waals surface area contributed by atoms with Gasteiger partial charge < -0.3 is 5.32 Å². The second-order valence-corrected chi connectivity index (χ2v) is 5.02. The number of hydrogen-bond acceptors (Lipinski definition) is 2. The van der Waals surface area contributed by atoms with E-state index in [1.54, 1.807) is 12.3 Å². The predicted octanol–water partition coefficient (Wildman–Crippen LogP) is 3.85. The van der Waals surface area contributed by atoms with Gasteiger partial charge in [0.15, 0.2) is 0 Å². The second kappa shape index (κ2) is 7.93. The minimum Gasteiger partial charge on any atom is -0.311 e. The molecule has 0 amide bonds. The lowest BCUT2D eigenvalue weighted by atomic mass is 10.1. The molecule has 2 nitrogen and oxygen atoms in total. The summed E-state index contributed by atoms with van der Waals surface area (Å²) in [5, 5.41) is 4.14. The van der Waals surface area contributed by atoms with Crippen LogP contribution in [0.1, 0.15) is 24.1 Å². The fourth-order valence-corrected chi connectivity index (χ4v) is 2.17. The number of nitrogens with zero attached hydrogens (tertiary/aromatic N) is 1. The van der Waals surface area contributed by atoms with Crippen molar-refractivity contribution < 1.29 is 0 Å². The molecule has 0 saturated heterocycles. The van der Waals surface area contributed by atoms with Gasteiger partial charge in [-0.3, -0.25) is 4.98 Å². The average Bonchev–Trinajstić information content (AvgIpc) is 2.44. The number of rotatable bonds is 7. The van der Waals surface area contributed by atoms with Crippen LogP contribution in [-0.2, 0) is 13.0 Å². The van der Waals surface area contributed by atoms with Crippen molar-refractivity contribution >= 4 is 11.6 Å². The maximum Gasteiger partial charge on any atom is 0.0556 e. The van der Waals surface area contributed by atoms with E-state index < -0.39 is 0 Å². The predicted molar refractivity (Wildman–Crippen MR) is 80.3 cm³/mol. The first-order chi connectivity index (χ1) is 9.34. The van der Waals surface area contributed by atoms with Crippen molar-refractivity contribution in [2.24, 2.45) is 0 Å². The van der Waals surface area contributed by atoms with Crippen LogP contribution in [0.2, 0.25) is 5.02 Å². The van der Waals surface area contributed by atoms with Crippen LogP contribution in [0.3, 0.4) is 0 Å². The molecule has 0 atom stereocenters. The Balaban J connectivity index is 1.58. The Morgan fingerprint density at radius 2 is 1.89 bits per heavy atom. The first-order valence-corrected chi connectivity index (χ1v) is 7.07. The third kappa shape index (κ3) is 5.41. The largest absolute Gasteiger partial charge is 0.311 e. The molecule has 100 valence electrons. The number of aromatic nitrogens is 1. The van der Waals surface area contributed by atoms with Gasteiger partial charge >= 0.3 is 0 Å². The van der Waals surface area contributed by atoms with Gasteiger partial charge in [-0.25, -0.2) is 0 Å². The van der Waals surface area contributed by atoms with E-state index in [0.29, 0.717) is 0 Å². The fourth-order valence-electron chi connectivity index (χ4n) is 1.99. The zero-order valence-electron chi connectivity index (χ0n) is 11.0. The van der Waals surface area contributed by atoms with E-state index in [1.165, 1.54) is 18.4 Å². The quantitative estimate of drug-likeness (QED) is 0.776. The summed E-state index contributed by atoms with van der Waals surface area (Å²) in [4.78, 5) is 4.26. The summed E-state index contributed by atoms with van der Waals surface area (Å²) in [6.07, 6.45) is 5.28. The molecular weight excluding hydrogens is 256 g/mol. The zero-order chi connectivity index (χ0) is 13.3. The molecule has 1 aromatic carbocycles. The molecule has 2 aromatic rings. The fraction of sp³-hybridized carbons (Fsp3) is 0.312. The molecular formula is C16H19ClN2. The third-order valence-electron chi connectivity index (χ3n) is 3.00. The lowest BCUT2D eigenvalue weighted by Gasteiger charge is -2.05. The molecule has 0 saturated carbocycles. The molecule has 3 heteroatoms. The summed E-state index contributed by atoms with van der Waals surface area (Å²) < 4.78 is 0. The molecule has 0 aliphatic rings. The Labute approximate surface area is 119 Å². The first-order valence-electron chi connectivity index (χ1n) is 6.70. The smallest absolute Gasteiger partial charge is 0.0556 e. The molecule has 0 fully saturated rings. The van der Waals surface area contributed by atoms with E-state index in [2.05, 4.69) is 40.6 Å². The van der Waals surface area contributed by atoms with Gasteiger partial charge in [-0.05, 0) is 43.5 Å². The Morgan fingerprint density at radius 3 is 2.68 bits per heavy atom. The normalized spacial score (nSPS) is 10.6. The summed E-state index contributed by atoms with van der Waals surface area (Å²) in [6, 6.07) is 14.3. The summed E-state index contributed by atoms with van der Waals surface area (Å²) >= 11 is 5.91. The molecule has 1 aromatic heterocycles. The highest BCUT2D eigenvalue weighted by atomic mass is 35.5. The number of hydrogen-bond donors (Lipinski definition) is 1. The van der Waals surface area contributed by atoms with Crippen LogP contribution >= 0.6 is 11.6 Å². The SMILES string of the molecule is Clc1ccnc(CNCCCCc2ccccc2)c1. The Bertz CT molecular complexity index is 485. The molecule has 1 N–H and O–H groups in total. The lowest BCUT2D eigenvalue weighted by Crippen LogP contribution is -2.15. The molecule has 0 aliphatic heterocycles. The number of unbranched alkanes of at least 4 members (excludes halogenated alkanes) is 1. The van der Waals surface area contributed by atoms with Gasteiger partial charge in [-0.2, -0.15) is 0 Å². The molecule has 1 heterocycles. The highest BCUT2D eigenvalue weighted by molar-refractivity contribution is 6.30. The summed E-state index contributed by atoms with van der Waals surface area (Å²) in [5.74, 6) is 0. The van der Waals surface area contributed by atoms with E-state index in [1.807, 2.05) is 6.07 Å². The third-order valence-corrected chi connectivity index (χ3v) is 3.23. The van der Waals surface area contributed by atoms with Crippen LogP contribution in [0.4, 0.5) is 0 Å². The number of halogens is 1. The zero-order valence-corrected chi connectivity index (χ0v) is 11.7. The van der Waals surface area contributed by atoms with Crippen LogP contribution in [0, 0.1) is 0 Å². The topological polar surface area (TPSA) is 24.9 Å². The Morgan fingerprint density at radius 1 is 1.05 bits per heavy atom. The highest BCUT2D eigenvalue weighted by Gasteiger charge is 1.96. The molecule has 19 heavy (non-hydrogen) atoms. The monoisotopic (exact) mass is 274 g/mol. The van der Waals surface area contributed by atoms with Crippen LogP contribution in [0.15, 0.2) is 48.7 Å². The summed E-state index contributed by atoms with van der Waals surface area (Å²) in [5.41, 5.74) is 2.41. The van der Waals surface area contributed by atoms with Gasteiger partial charge in [-0.15, -0.1) is 0 Å². The van der Waals surface area contributed by atoms with Gasteiger partial charge in [-0.1, -0.05) is 41.9 Å². The maximum absolute atomic E-state index is 5.91. The van der Waals surface area contributed by atoms with Gasteiger partial charge in [0.05, 0.1) is 5.69 Å². The van der Waals surface area contributed by atoms with E-state index in [-0.39, 0.29) is 0 Å². The van der Waals surface area contributed by atoms with E-state index in [0.717, 1.165) is 30.2 Å². The van der Waals surface area contributed by atoms with Crippen LogP contribution in [-0.4, -0.2) is 11.5 Å². The minimum atomic E-state index is 0.746. The number of nitrogens with one attached hydrogen (secondary N) is 1. The van der Waals surface area contributed by atoms with Crippen molar-refractivity contribution in [3.8, 4) is 0 Å². The maximum atomic E-state index is 5.91. The van der Waals surface area contributed by atoms with E-state index in [4.69, 9.17) is 11.6 Å². The average molecular weight is 275 g/mol. The van der Waals surface area contributed by atoms with Crippen molar-refractivity contribution in [1.82, 2.24) is 10.3 Å². The Hall–Kier alpha value is -1.38. The molecule has 0 bridgehead atoms. The van der Waals surface area contributed by atoms with Gasteiger partial charge in [0, 0.05) is 17.8 Å². The van der Waals surface area contributed by atoms with Crippen molar-refractivity contribution in [1.29, 1.82) is 0 Å². The summed E-state index contributed by atoms with van der Waals surface area (Å²) in [7, 11) is 0. The number of pyridine rings is 1. The number of aryl methyl sites for hydroxylation is 1. The van der Waals surface area contributed by atoms with E-state index in [9.17, 15) is 0 Å². The first kappa shape index (κ1) is 14.0. The van der Waals surface area contributed by atoms with Crippen molar-refractivity contribution in [3.05, 3.63) is 64.9 Å². The lowest BCUT2D eigenvalue weighted by molar-refractivity contribution is 0.616. The van der Waals surface area contributed by atoms with Crippen LogP contribution in [0.25, 0.3) is 0 Å². The molecule has 0 radical (unpaired) electrons. The molecule has 0 spiro atoms. The van der Waals surface area contributed by atoms with Crippen LogP contribution < -0.4 is 5.32 Å². The van der Waals surface area contributed by atoms with E-state index >= 15 is 0 Å². The highest BCUT2D eigenvalue weighted by Crippen LogP contribution is 2.08. The second-order valence-electron chi connectivity index (χ2n) is 4.58. The van der Waals surface area contributed by atoms with Gasteiger partial charge in [0.2, 0.25) is 0 Å². The Kier molecular flexibility index (Phi) is 5.86. The minimum absolute atomic E-state index is 0.746. The van der Waals surface area contributed by atoms with Crippen molar-refractivity contribution in [2.75, 3.05) is 6.54 Å². The standard InChI is InChI=1S/C16H19ClN2/c17-15-9-11-19-16(12-15)13-18-10-5-4-8-14-6-2-1-3-7-14/h1-3,6-7,9,11-12,18H,4-5,8,10,13H2. The van der Waals surface area contributed by atoms with Crippen molar-refractivity contribution in [3.63, 3.8) is 0 Å². The molecule has 0 unspecified atom stereocenters. The molecule has 0 aliphatic carbocycles.